The molecule has 0 aliphatic heterocycles. The van der Waals surface area contributed by atoms with Gasteiger partial charge in [0.25, 0.3) is 0 Å². The second kappa shape index (κ2) is 8.57. The van der Waals surface area contributed by atoms with Crippen LogP contribution in [0.1, 0.15) is 0 Å². The summed E-state index contributed by atoms with van der Waals surface area (Å²) >= 11 is 0. The number of nitrogens with zero attached hydrogens (tertiary/aromatic N) is 2. The van der Waals surface area contributed by atoms with Crippen LogP contribution in [0, 0.1) is 0 Å². The Kier molecular flexibility index (Phi) is 5.52. The van der Waals surface area contributed by atoms with Gasteiger partial charge in [-0.15, -0.1) is 0 Å². The van der Waals surface area contributed by atoms with Crippen molar-refractivity contribution in [3.63, 3.8) is 0 Å². The van der Waals surface area contributed by atoms with Crippen LogP contribution in [0.15, 0.2) is 66.7 Å². The second-order valence-electron chi connectivity index (χ2n) is 6.46. The second-order valence-corrected chi connectivity index (χ2v) is 6.46. The smallest absolute Gasteiger partial charge is 0.171 e. The van der Waals surface area contributed by atoms with E-state index in [2.05, 4.69) is 10.9 Å². The quantitative estimate of drug-likeness (QED) is 0.432. The minimum atomic E-state index is 0.594. The Balaban J connectivity index is 1.72. The average molecular weight is 402 g/mol. The highest BCUT2D eigenvalue weighted by molar-refractivity contribution is 5.84. The summed E-state index contributed by atoms with van der Waals surface area (Å²) in [5.41, 5.74) is 10.4. The zero-order chi connectivity index (χ0) is 20.9. The summed E-state index contributed by atoms with van der Waals surface area (Å²) in [7, 11) is 4.84. The topological polar surface area (TPSA) is 77.5 Å². The predicted molar refractivity (Wildman–Crippen MR) is 118 cm³/mol. The molecule has 2 N–H and O–H groups in total. The summed E-state index contributed by atoms with van der Waals surface area (Å²) in [6.07, 6.45) is 0. The van der Waals surface area contributed by atoms with Crippen molar-refractivity contribution in [1.29, 1.82) is 0 Å². The third-order valence-corrected chi connectivity index (χ3v) is 4.63. The van der Waals surface area contributed by atoms with E-state index in [9.17, 15) is 0 Å². The van der Waals surface area contributed by atoms with Crippen molar-refractivity contribution < 1.29 is 14.2 Å². The maximum Gasteiger partial charge on any atom is 0.171 e. The van der Waals surface area contributed by atoms with Gasteiger partial charge in [0.1, 0.15) is 11.4 Å². The van der Waals surface area contributed by atoms with Crippen LogP contribution >= 0.6 is 0 Å². The number of benzene rings is 3. The van der Waals surface area contributed by atoms with Crippen LogP contribution in [0.4, 0.5) is 11.5 Å². The number of anilines is 2. The Morgan fingerprint density at radius 3 is 2.20 bits per heavy atom. The van der Waals surface area contributed by atoms with Gasteiger partial charge in [-0.1, -0.05) is 30.3 Å². The first-order chi connectivity index (χ1) is 14.7. The van der Waals surface area contributed by atoms with E-state index in [0.717, 1.165) is 33.7 Å². The number of rotatable bonds is 7. The molecule has 4 aromatic rings. The van der Waals surface area contributed by atoms with Crippen molar-refractivity contribution in [3.05, 3.63) is 66.7 Å². The van der Waals surface area contributed by atoms with Gasteiger partial charge in [0.15, 0.2) is 17.3 Å². The fourth-order valence-corrected chi connectivity index (χ4v) is 3.09. The van der Waals surface area contributed by atoms with Crippen molar-refractivity contribution in [1.82, 2.24) is 9.97 Å². The molecule has 1 heterocycles. The van der Waals surface area contributed by atoms with Gasteiger partial charge in [0.2, 0.25) is 0 Å². The van der Waals surface area contributed by atoms with E-state index in [1.54, 1.807) is 21.3 Å². The van der Waals surface area contributed by atoms with Gasteiger partial charge in [-0.3, -0.25) is 10.9 Å². The van der Waals surface area contributed by atoms with E-state index < -0.39 is 0 Å². The molecule has 0 saturated carbocycles. The first kappa shape index (κ1) is 19.3. The Morgan fingerprint density at radius 1 is 0.667 bits per heavy atom. The molecular weight excluding hydrogens is 380 g/mol. The van der Waals surface area contributed by atoms with E-state index in [-0.39, 0.29) is 0 Å². The highest BCUT2D eigenvalue weighted by Gasteiger charge is 2.12. The first-order valence-corrected chi connectivity index (χ1v) is 9.37. The number of hydrogen-bond donors (Lipinski definition) is 2. The van der Waals surface area contributed by atoms with E-state index in [0.29, 0.717) is 17.3 Å². The van der Waals surface area contributed by atoms with Crippen LogP contribution in [-0.4, -0.2) is 31.3 Å². The fraction of sp³-hybridized carbons (Fsp3) is 0.130. The molecule has 0 amide bonds. The van der Waals surface area contributed by atoms with Crippen molar-refractivity contribution in [2.75, 3.05) is 32.2 Å². The summed E-state index contributed by atoms with van der Waals surface area (Å²) in [6.45, 7) is 0. The molecule has 4 rings (SSSR count). The molecule has 0 unspecified atom stereocenters. The van der Waals surface area contributed by atoms with E-state index in [4.69, 9.17) is 24.2 Å². The van der Waals surface area contributed by atoms with E-state index >= 15 is 0 Å². The van der Waals surface area contributed by atoms with Crippen LogP contribution < -0.4 is 25.1 Å². The number of ether oxygens (including phenoxy) is 3. The molecule has 0 saturated heterocycles. The Hall–Kier alpha value is -4.00. The predicted octanol–water partition coefficient (Wildman–Crippen LogP) is 4.76. The molecule has 0 atom stereocenters. The van der Waals surface area contributed by atoms with Gasteiger partial charge >= 0.3 is 0 Å². The van der Waals surface area contributed by atoms with Gasteiger partial charge in [0, 0.05) is 17.7 Å². The lowest BCUT2D eigenvalue weighted by atomic mass is 10.1. The molecule has 3 aromatic carbocycles. The Bertz CT molecular complexity index is 1170. The number of methoxy groups -OCH3 is 3. The largest absolute Gasteiger partial charge is 0.497 e. The zero-order valence-electron chi connectivity index (χ0n) is 17.0. The minimum absolute atomic E-state index is 0.594. The lowest BCUT2D eigenvalue weighted by molar-refractivity contribution is 0.355. The van der Waals surface area contributed by atoms with Crippen LogP contribution in [-0.2, 0) is 0 Å². The molecule has 152 valence electrons. The first-order valence-electron chi connectivity index (χ1n) is 9.37. The molecule has 0 aliphatic rings. The summed E-state index contributed by atoms with van der Waals surface area (Å²) in [4.78, 5) is 9.61. The van der Waals surface area contributed by atoms with Crippen LogP contribution in [0.5, 0.6) is 17.2 Å². The van der Waals surface area contributed by atoms with Crippen LogP contribution in [0.3, 0.4) is 0 Å². The molecule has 0 bridgehead atoms. The standard InChI is InChI=1S/C23H22N4O3/c1-28-17-10-11-18-19(14-17)25-23(22(24-18)15-7-5-4-6-8-15)27-26-16-9-12-20(29-2)21(13-16)30-3/h4-14,26H,1-3H3,(H,25,27). The zero-order valence-corrected chi connectivity index (χ0v) is 17.0. The monoisotopic (exact) mass is 402 g/mol. The lowest BCUT2D eigenvalue weighted by Gasteiger charge is -2.15. The number of aromatic nitrogens is 2. The third-order valence-electron chi connectivity index (χ3n) is 4.63. The van der Waals surface area contributed by atoms with Gasteiger partial charge in [-0.25, -0.2) is 9.97 Å². The molecule has 0 fully saturated rings. The van der Waals surface area contributed by atoms with Gasteiger partial charge in [-0.05, 0) is 24.3 Å². The Morgan fingerprint density at radius 2 is 1.47 bits per heavy atom. The van der Waals surface area contributed by atoms with Gasteiger partial charge in [-0.2, -0.15) is 0 Å². The Labute approximate surface area is 174 Å². The molecular formula is C23H22N4O3. The molecule has 30 heavy (non-hydrogen) atoms. The summed E-state index contributed by atoms with van der Waals surface area (Å²) < 4.78 is 16.0. The van der Waals surface area contributed by atoms with Gasteiger partial charge in [0.05, 0.1) is 38.1 Å². The normalized spacial score (nSPS) is 10.5. The van der Waals surface area contributed by atoms with Crippen molar-refractivity contribution in [2.24, 2.45) is 0 Å². The molecule has 7 nitrogen and oxygen atoms in total. The number of hydrogen-bond acceptors (Lipinski definition) is 7. The molecule has 0 aliphatic carbocycles. The third kappa shape index (κ3) is 3.91. The molecule has 0 spiro atoms. The fourth-order valence-electron chi connectivity index (χ4n) is 3.09. The van der Waals surface area contributed by atoms with Gasteiger partial charge < -0.3 is 14.2 Å². The highest BCUT2D eigenvalue weighted by atomic mass is 16.5. The molecule has 0 radical (unpaired) electrons. The summed E-state index contributed by atoms with van der Waals surface area (Å²) in [6, 6.07) is 21.1. The maximum absolute atomic E-state index is 5.37. The van der Waals surface area contributed by atoms with Crippen molar-refractivity contribution in [2.45, 2.75) is 0 Å². The average Bonchev–Trinajstić information content (AvgIpc) is 2.82. The van der Waals surface area contributed by atoms with E-state index in [1.807, 2.05) is 66.7 Å². The highest BCUT2D eigenvalue weighted by Crippen LogP contribution is 2.31. The summed E-state index contributed by atoms with van der Waals surface area (Å²) in [5.74, 6) is 2.60. The number of hydrazine groups is 1. The van der Waals surface area contributed by atoms with Crippen molar-refractivity contribution >= 4 is 22.5 Å². The minimum Gasteiger partial charge on any atom is -0.497 e. The maximum atomic E-state index is 5.37. The molecule has 1 aromatic heterocycles. The van der Waals surface area contributed by atoms with Crippen LogP contribution in [0.25, 0.3) is 22.3 Å². The SMILES string of the molecule is COc1ccc2nc(-c3ccccc3)c(NNc3ccc(OC)c(OC)c3)nc2c1. The lowest BCUT2D eigenvalue weighted by Crippen LogP contribution is -2.12. The number of nitrogens with one attached hydrogen (secondary N) is 2. The summed E-state index contributed by atoms with van der Waals surface area (Å²) in [5, 5.41) is 0. The molecule has 7 heteroatoms. The number of fused-ring (bicyclic) bond motifs is 1. The van der Waals surface area contributed by atoms with E-state index in [1.165, 1.54) is 0 Å². The van der Waals surface area contributed by atoms with Crippen LogP contribution in [0.2, 0.25) is 0 Å². The van der Waals surface area contributed by atoms with Crippen molar-refractivity contribution in [3.8, 4) is 28.5 Å².